The second-order valence-corrected chi connectivity index (χ2v) is 3.24. The first-order valence-electron chi connectivity index (χ1n) is 4.42. The molecule has 0 radical (unpaired) electrons. The smallest absolute Gasteiger partial charge is 0.149 e. The van der Waals surface area contributed by atoms with Crippen molar-refractivity contribution in [2.45, 2.75) is 32.4 Å². The molecule has 1 aromatic heterocycles. The number of aryl methyl sites for hydroxylation is 1. The van der Waals surface area contributed by atoms with Crippen LogP contribution in [-0.4, -0.2) is 21.8 Å². The number of nitrogens with one attached hydrogen (secondary N) is 1. The number of rotatable bonds is 2. The van der Waals surface area contributed by atoms with E-state index in [9.17, 15) is 0 Å². The van der Waals surface area contributed by atoms with Crippen LogP contribution in [0.3, 0.4) is 0 Å². The highest BCUT2D eigenvalue weighted by atomic mass is 15.3. The number of hydrogen-bond acceptors (Lipinski definition) is 3. The molecule has 0 aliphatic carbocycles. The Balaban J connectivity index is 2.33. The second-order valence-electron chi connectivity index (χ2n) is 3.24. The van der Waals surface area contributed by atoms with Crippen LogP contribution in [0.2, 0.25) is 0 Å². The summed E-state index contributed by atoms with van der Waals surface area (Å²) in [6.07, 6.45) is 2.30. The molecule has 0 saturated carbocycles. The van der Waals surface area contributed by atoms with Gasteiger partial charge in [-0.25, -0.2) is 0 Å². The number of aromatic nitrogens is 3. The molecule has 0 fully saturated rings. The minimum Gasteiger partial charge on any atom is -0.314 e. The monoisotopic (exact) mass is 166 g/mol. The third-order valence-electron chi connectivity index (χ3n) is 2.46. The van der Waals surface area contributed by atoms with E-state index < -0.39 is 0 Å². The van der Waals surface area contributed by atoms with Crippen LogP contribution in [0.5, 0.6) is 0 Å². The fourth-order valence-corrected chi connectivity index (χ4v) is 1.62. The van der Waals surface area contributed by atoms with E-state index >= 15 is 0 Å². The molecule has 1 unspecified atom stereocenters. The Morgan fingerprint density at radius 3 is 3.08 bits per heavy atom. The highest BCUT2D eigenvalue weighted by Gasteiger charge is 2.19. The molecule has 4 nitrogen and oxygen atoms in total. The van der Waals surface area contributed by atoms with E-state index in [0.29, 0.717) is 6.04 Å². The summed E-state index contributed by atoms with van der Waals surface area (Å²) in [4.78, 5) is 0. The third-order valence-corrected chi connectivity index (χ3v) is 2.46. The first-order chi connectivity index (χ1) is 5.83. The lowest BCUT2D eigenvalue weighted by Gasteiger charge is -2.09. The van der Waals surface area contributed by atoms with Crippen LogP contribution < -0.4 is 5.32 Å². The van der Waals surface area contributed by atoms with Crippen molar-refractivity contribution in [3.05, 3.63) is 11.6 Å². The maximum atomic E-state index is 4.16. The van der Waals surface area contributed by atoms with Crippen molar-refractivity contribution in [1.82, 2.24) is 20.1 Å². The molecule has 0 amide bonds. The summed E-state index contributed by atoms with van der Waals surface area (Å²) in [6, 6.07) is 0.310. The molecular formula is C8H14N4. The average Bonchev–Trinajstić information content (AvgIpc) is 2.62. The van der Waals surface area contributed by atoms with Crippen molar-refractivity contribution < 1.29 is 0 Å². The van der Waals surface area contributed by atoms with Gasteiger partial charge in [0, 0.05) is 13.0 Å². The summed E-state index contributed by atoms with van der Waals surface area (Å²) >= 11 is 0. The lowest BCUT2D eigenvalue weighted by atomic mass is 10.3. The molecule has 1 aliphatic rings. The van der Waals surface area contributed by atoms with Crippen LogP contribution in [0.1, 0.15) is 31.0 Å². The first kappa shape index (κ1) is 7.73. The van der Waals surface area contributed by atoms with E-state index in [-0.39, 0.29) is 0 Å². The van der Waals surface area contributed by atoms with Crippen LogP contribution in [0.4, 0.5) is 0 Å². The molecule has 2 rings (SSSR count). The van der Waals surface area contributed by atoms with Crippen LogP contribution in [-0.2, 0) is 13.0 Å². The highest BCUT2D eigenvalue weighted by Crippen LogP contribution is 2.18. The lowest BCUT2D eigenvalue weighted by Crippen LogP contribution is -2.17. The van der Waals surface area contributed by atoms with E-state index in [1.807, 2.05) is 7.05 Å². The van der Waals surface area contributed by atoms with E-state index in [1.165, 1.54) is 6.42 Å². The fraction of sp³-hybridized carbons (Fsp3) is 0.750. The molecule has 0 bridgehead atoms. The minimum atomic E-state index is 0.310. The second kappa shape index (κ2) is 2.86. The molecule has 66 valence electrons. The summed E-state index contributed by atoms with van der Waals surface area (Å²) in [7, 11) is 1.95. The topological polar surface area (TPSA) is 42.7 Å². The molecule has 1 aromatic rings. The van der Waals surface area contributed by atoms with Gasteiger partial charge in [0.2, 0.25) is 0 Å². The van der Waals surface area contributed by atoms with Crippen LogP contribution in [0.25, 0.3) is 0 Å². The minimum absolute atomic E-state index is 0.310. The molecular weight excluding hydrogens is 152 g/mol. The fourth-order valence-electron chi connectivity index (χ4n) is 1.62. The molecule has 4 heteroatoms. The predicted molar refractivity (Wildman–Crippen MR) is 45.8 cm³/mol. The van der Waals surface area contributed by atoms with Gasteiger partial charge >= 0.3 is 0 Å². The Morgan fingerprint density at radius 2 is 2.33 bits per heavy atom. The molecule has 12 heavy (non-hydrogen) atoms. The van der Waals surface area contributed by atoms with Crippen LogP contribution in [0, 0.1) is 0 Å². The van der Waals surface area contributed by atoms with Gasteiger partial charge in [-0.15, -0.1) is 10.2 Å². The molecule has 2 heterocycles. The SMILES string of the molecule is CNC(C)c1nnc2n1CCC2. The zero-order valence-electron chi connectivity index (χ0n) is 7.54. The van der Waals surface area contributed by atoms with Gasteiger partial charge in [0.05, 0.1) is 6.04 Å². The molecule has 1 N–H and O–H groups in total. The van der Waals surface area contributed by atoms with Crippen molar-refractivity contribution in [1.29, 1.82) is 0 Å². The van der Waals surface area contributed by atoms with E-state index in [2.05, 4.69) is 27.0 Å². The van der Waals surface area contributed by atoms with Crippen molar-refractivity contribution in [3.8, 4) is 0 Å². The summed E-state index contributed by atoms with van der Waals surface area (Å²) in [5, 5.41) is 11.5. The molecule has 1 aliphatic heterocycles. The lowest BCUT2D eigenvalue weighted by molar-refractivity contribution is 0.561. The van der Waals surface area contributed by atoms with Gasteiger partial charge in [0.15, 0.2) is 0 Å². The van der Waals surface area contributed by atoms with Gasteiger partial charge < -0.3 is 9.88 Å². The number of fused-ring (bicyclic) bond motifs is 1. The molecule has 0 spiro atoms. The third kappa shape index (κ3) is 1.03. The normalized spacial score (nSPS) is 17.8. The zero-order valence-corrected chi connectivity index (χ0v) is 7.54. The predicted octanol–water partition coefficient (Wildman–Crippen LogP) is 0.505. The summed E-state index contributed by atoms with van der Waals surface area (Å²) in [6.45, 7) is 3.19. The molecule has 1 atom stereocenters. The van der Waals surface area contributed by atoms with Gasteiger partial charge in [-0.2, -0.15) is 0 Å². The number of hydrogen-bond donors (Lipinski definition) is 1. The van der Waals surface area contributed by atoms with Gasteiger partial charge in [-0.05, 0) is 20.4 Å². The van der Waals surface area contributed by atoms with E-state index in [0.717, 1.165) is 24.6 Å². The van der Waals surface area contributed by atoms with Crippen LogP contribution in [0.15, 0.2) is 0 Å². The zero-order chi connectivity index (χ0) is 8.55. The Morgan fingerprint density at radius 1 is 1.50 bits per heavy atom. The summed E-state index contributed by atoms with van der Waals surface area (Å²) < 4.78 is 2.22. The van der Waals surface area contributed by atoms with Crippen LogP contribution >= 0.6 is 0 Å². The van der Waals surface area contributed by atoms with Gasteiger partial charge in [-0.3, -0.25) is 0 Å². The maximum Gasteiger partial charge on any atom is 0.149 e. The van der Waals surface area contributed by atoms with E-state index in [1.54, 1.807) is 0 Å². The Kier molecular flexibility index (Phi) is 1.84. The summed E-state index contributed by atoms with van der Waals surface area (Å²) in [5.41, 5.74) is 0. The van der Waals surface area contributed by atoms with Gasteiger partial charge in [-0.1, -0.05) is 0 Å². The quantitative estimate of drug-likeness (QED) is 0.696. The molecule has 0 saturated heterocycles. The van der Waals surface area contributed by atoms with Crippen molar-refractivity contribution >= 4 is 0 Å². The van der Waals surface area contributed by atoms with Crippen molar-refractivity contribution in [2.75, 3.05) is 7.05 Å². The first-order valence-corrected chi connectivity index (χ1v) is 4.42. The van der Waals surface area contributed by atoms with E-state index in [4.69, 9.17) is 0 Å². The Hall–Kier alpha value is -0.900. The molecule has 0 aromatic carbocycles. The Bertz CT molecular complexity index is 279. The summed E-state index contributed by atoms with van der Waals surface area (Å²) in [5.74, 6) is 2.22. The largest absolute Gasteiger partial charge is 0.314 e. The Labute approximate surface area is 72.0 Å². The highest BCUT2D eigenvalue weighted by molar-refractivity contribution is 5.03. The maximum absolute atomic E-state index is 4.16. The average molecular weight is 166 g/mol. The van der Waals surface area contributed by atoms with Crippen molar-refractivity contribution in [3.63, 3.8) is 0 Å². The van der Waals surface area contributed by atoms with Crippen molar-refractivity contribution in [2.24, 2.45) is 0 Å². The van der Waals surface area contributed by atoms with Gasteiger partial charge in [0.25, 0.3) is 0 Å². The van der Waals surface area contributed by atoms with Gasteiger partial charge in [0.1, 0.15) is 11.6 Å². The number of nitrogens with zero attached hydrogens (tertiary/aromatic N) is 3. The standard InChI is InChI=1S/C8H14N4/c1-6(9-2)8-11-10-7-4-3-5-12(7)8/h6,9H,3-5H2,1-2H3.